The Kier molecular flexibility index (Phi) is 6.39. The molecule has 1 atom stereocenters. The van der Waals surface area contributed by atoms with Crippen molar-refractivity contribution in [2.75, 3.05) is 26.3 Å². The lowest BCUT2D eigenvalue weighted by Crippen LogP contribution is -2.30. The van der Waals surface area contributed by atoms with Gasteiger partial charge in [-0.05, 0) is 19.4 Å². The normalized spacial score (nSPS) is 16.3. The Labute approximate surface area is 108 Å². The highest BCUT2D eigenvalue weighted by Gasteiger charge is 2.12. The van der Waals surface area contributed by atoms with Gasteiger partial charge < -0.3 is 15.2 Å². The molecule has 0 amide bonds. The van der Waals surface area contributed by atoms with Crippen molar-refractivity contribution in [2.24, 2.45) is 0 Å². The Morgan fingerprint density at radius 1 is 1.28 bits per heavy atom. The summed E-state index contributed by atoms with van der Waals surface area (Å²) < 4.78 is 5.01. The summed E-state index contributed by atoms with van der Waals surface area (Å²) in [6.07, 6.45) is 0. The fourth-order valence-electron chi connectivity index (χ4n) is 1.51. The van der Waals surface area contributed by atoms with Crippen LogP contribution in [0, 0.1) is 6.92 Å². The molecule has 0 spiro atoms. The van der Waals surface area contributed by atoms with E-state index in [2.05, 4.69) is 5.32 Å². The first-order valence-corrected chi connectivity index (χ1v) is 6.19. The molecule has 1 aliphatic rings. The second-order valence-electron chi connectivity index (χ2n) is 4.33. The number of morpholine rings is 1. The number of ether oxygens (including phenoxy) is 1. The summed E-state index contributed by atoms with van der Waals surface area (Å²) in [7, 11) is 0. The predicted molar refractivity (Wildman–Crippen MR) is 70.9 cm³/mol. The second-order valence-corrected chi connectivity index (χ2v) is 4.33. The third-order valence-corrected chi connectivity index (χ3v) is 2.79. The van der Waals surface area contributed by atoms with E-state index in [4.69, 9.17) is 9.84 Å². The van der Waals surface area contributed by atoms with E-state index < -0.39 is 11.9 Å². The molecule has 0 aromatic heterocycles. The van der Waals surface area contributed by atoms with Crippen LogP contribution < -0.4 is 5.32 Å². The number of carboxylic acids is 1. The molecule has 1 heterocycles. The number of aryl methyl sites for hydroxylation is 1. The molecule has 2 N–H and O–H groups in total. The summed E-state index contributed by atoms with van der Waals surface area (Å²) in [5.74, 6) is -1.19. The summed E-state index contributed by atoms with van der Waals surface area (Å²) in [6.45, 7) is 7.50. The summed E-state index contributed by atoms with van der Waals surface area (Å²) in [5.41, 5.74) is 2.00. The smallest absolute Gasteiger partial charge is 0.310 e. The summed E-state index contributed by atoms with van der Waals surface area (Å²) in [6, 6.07) is 7.56. The minimum Gasteiger partial charge on any atom is -0.481 e. The highest BCUT2D eigenvalue weighted by atomic mass is 16.5. The molecular weight excluding hydrogens is 230 g/mol. The van der Waals surface area contributed by atoms with Gasteiger partial charge in [-0.25, -0.2) is 0 Å². The number of hydrogen-bond acceptors (Lipinski definition) is 3. The number of carboxylic acid groups (broad SMARTS) is 1. The zero-order valence-corrected chi connectivity index (χ0v) is 11.0. The Morgan fingerprint density at radius 3 is 2.17 bits per heavy atom. The second kappa shape index (κ2) is 7.84. The number of rotatable bonds is 2. The van der Waals surface area contributed by atoms with Gasteiger partial charge in [0.1, 0.15) is 0 Å². The van der Waals surface area contributed by atoms with Crippen molar-refractivity contribution in [3.8, 4) is 0 Å². The average Bonchev–Trinajstić information content (AvgIpc) is 2.41. The minimum atomic E-state index is -0.779. The van der Waals surface area contributed by atoms with Crippen LogP contribution in [0.25, 0.3) is 0 Å². The SMILES string of the molecule is C1COCCN1.Cc1ccc(C(C)C(=O)O)cc1. The van der Waals surface area contributed by atoms with Crippen LogP contribution >= 0.6 is 0 Å². The highest BCUT2D eigenvalue weighted by molar-refractivity contribution is 5.75. The van der Waals surface area contributed by atoms with E-state index in [-0.39, 0.29) is 0 Å². The lowest BCUT2D eigenvalue weighted by Gasteiger charge is -2.10. The molecule has 0 radical (unpaired) electrons. The fourth-order valence-corrected chi connectivity index (χ4v) is 1.51. The molecule has 1 unspecified atom stereocenters. The summed E-state index contributed by atoms with van der Waals surface area (Å²) in [4.78, 5) is 10.6. The van der Waals surface area contributed by atoms with Crippen molar-refractivity contribution >= 4 is 5.97 Å². The van der Waals surface area contributed by atoms with Crippen LogP contribution in [-0.4, -0.2) is 37.4 Å². The van der Waals surface area contributed by atoms with Crippen molar-refractivity contribution in [1.29, 1.82) is 0 Å². The molecule has 0 aliphatic carbocycles. The standard InChI is InChI=1S/C10H12O2.C4H9NO/c1-7-3-5-9(6-4-7)8(2)10(11)12;1-3-6-4-2-5-1/h3-6,8H,1-2H3,(H,11,12);5H,1-4H2. The Bertz CT molecular complexity index is 346. The maximum absolute atomic E-state index is 10.6. The maximum atomic E-state index is 10.6. The molecule has 18 heavy (non-hydrogen) atoms. The van der Waals surface area contributed by atoms with Crippen LogP contribution in [0.3, 0.4) is 0 Å². The number of carbonyl (C=O) groups is 1. The molecule has 1 aromatic rings. The van der Waals surface area contributed by atoms with E-state index in [0.29, 0.717) is 0 Å². The molecule has 1 saturated heterocycles. The molecule has 2 rings (SSSR count). The van der Waals surface area contributed by atoms with E-state index >= 15 is 0 Å². The molecule has 100 valence electrons. The molecular formula is C14H21NO3. The largest absolute Gasteiger partial charge is 0.481 e. The zero-order chi connectivity index (χ0) is 13.4. The summed E-state index contributed by atoms with van der Waals surface area (Å²) >= 11 is 0. The van der Waals surface area contributed by atoms with Crippen LogP contribution in [0.4, 0.5) is 0 Å². The van der Waals surface area contributed by atoms with Gasteiger partial charge in [0.05, 0.1) is 19.1 Å². The van der Waals surface area contributed by atoms with Gasteiger partial charge in [0.25, 0.3) is 0 Å². The van der Waals surface area contributed by atoms with Crippen molar-refractivity contribution in [2.45, 2.75) is 19.8 Å². The minimum absolute atomic E-state index is 0.411. The fraction of sp³-hybridized carbons (Fsp3) is 0.500. The number of aliphatic carboxylic acids is 1. The molecule has 1 fully saturated rings. The molecule has 4 nitrogen and oxygen atoms in total. The zero-order valence-electron chi connectivity index (χ0n) is 11.0. The van der Waals surface area contributed by atoms with Crippen molar-refractivity contribution in [3.63, 3.8) is 0 Å². The summed E-state index contributed by atoms with van der Waals surface area (Å²) in [5, 5.41) is 11.9. The topological polar surface area (TPSA) is 58.6 Å². The van der Waals surface area contributed by atoms with Crippen LogP contribution in [0.5, 0.6) is 0 Å². The highest BCUT2D eigenvalue weighted by Crippen LogP contribution is 2.15. The predicted octanol–water partition coefficient (Wildman–Crippen LogP) is 1.79. The Hall–Kier alpha value is -1.39. The van der Waals surface area contributed by atoms with Gasteiger partial charge in [-0.2, -0.15) is 0 Å². The first-order valence-electron chi connectivity index (χ1n) is 6.19. The van der Waals surface area contributed by atoms with Crippen LogP contribution in [0.15, 0.2) is 24.3 Å². The van der Waals surface area contributed by atoms with Crippen molar-refractivity contribution in [3.05, 3.63) is 35.4 Å². The molecule has 4 heteroatoms. The number of benzene rings is 1. The van der Waals surface area contributed by atoms with E-state index in [1.54, 1.807) is 6.92 Å². The van der Waals surface area contributed by atoms with E-state index in [1.807, 2.05) is 31.2 Å². The van der Waals surface area contributed by atoms with Crippen molar-refractivity contribution in [1.82, 2.24) is 5.32 Å². The van der Waals surface area contributed by atoms with E-state index in [0.717, 1.165) is 37.4 Å². The molecule has 0 saturated carbocycles. The van der Waals surface area contributed by atoms with Gasteiger partial charge in [-0.3, -0.25) is 4.79 Å². The lowest BCUT2D eigenvalue weighted by atomic mass is 10.0. The number of nitrogens with one attached hydrogen (secondary N) is 1. The molecule has 1 aliphatic heterocycles. The quantitative estimate of drug-likeness (QED) is 0.841. The third-order valence-electron chi connectivity index (χ3n) is 2.79. The molecule has 0 bridgehead atoms. The van der Waals surface area contributed by atoms with E-state index in [9.17, 15) is 4.79 Å². The van der Waals surface area contributed by atoms with Gasteiger partial charge in [-0.15, -0.1) is 0 Å². The Morgan fingerprint density at radius 2 is 1.83 bits per heavy atom. The van der Waals surface area contributed by atoms with Gasteiger partial charge >= 0.3 is 5.97 Å². The van der Waals surface area contributed by atoms with Gasteiger partial charge in [-0.1, -0.05) is 29.8 Å². The first-order chi connectivity index (χ1) is 8.61. The first kappa shape index (κ1) is 14.7. The third kappa shape index (κ3) is 5.29. The number of hydrogen-bond donors (Lipinski definition) is 2. The lowest BCUT2D eigenvalue weighted by molar-refractivity contribution is -0.138. The average molecular weight is 251 g/mol. The van der Waals surface area contributed by atoms with Gasteiger partial charge in [0, 0.05) is 13.1 Å². The monoisotopic (exact) mass is 251 g/mol. The van der Waals surface area contributed by atoms with Crippen molar-refractivity contribution < 1.29 is 14.6 Å². The van der Waals surface area contributed by atoms with E-state index in [1.165, 1.54) is 0 Å². The van der Waals surface area contributed by atoms with Crippen LogP contribution in [-0.2, 0) is 9.53 Å². The van der Waals surface area contributed by atoms with Crippen LogP contribution in [0.2, 0.25) is 0 Å². The van der Waals surface area contributed by atoms with Gasteiger partial charge in [0.2, 0.25) is 0 Å². The molecule has 1 aromatic carbocycles. The van der Waals surface area contributed by atoms with Gasteiger partial charge in [0.15, 0.2) is 0 Å². The maximum Gasteiger partial charge on any atom is 0.310 e. The Balaban J connectivity index is 0.000000225. The van der Waals surface area contributed by atoms with Crippen LogP contribution in [0.1, 0.15) is 24.0 Å².